The predicted octanol–water partition coefficient (Wildman–Crippen LogP) is 0.0462. The molecule has 1 aliphatic rings. The van der Waals surface area contributed by atoms with E-state index in [4.69, 9.17) is 17.3 Å². The molecule has 0 aliphatic carbocycles. The third kappa shape index (κ3) is 1.41. The molecule has 0 radical (unpaired) electrons. The number of quaternary nitrogens is 1. The number of thiazole rings is 1. The number of hydrogen-bond acceptors (Lipinski definition) is 6. The van der Waals surface area contributed by atoms with E-state index in [-0.39, 0.29) is 10.7 Å². The standard InChI is InChI=1S/C9H15N6S/c1-5(2)15(12)8(11)6(10)7(14-15)9-13-3-4-16-9/h3-5H,10-12H2,1-2H3/q+1. The van der Waals surface area contributed by atoms with E-state index in [1.807, 2.05) is 19.2 Å². The van der Waals surface area contributed by atoms with Crippen LogP contribution in [0.1, 0.15) is 18.9 Å². The summed E-state index contributed by atoms with van der Waals surface area (Å²) in [5.41, 5.74) is 12.8. The molecule has 0 bridgehead atoms. The molecule has 0 aromatic carbocycles. The lowest BCUT2D eigenvalue weighted by atomic mass is 10.3. The van der Waals surface area contributed by atoms with E-state index in [2.05, 4.69) is 10.1 Å². The second kappa shape index (κ2) is 3.55. The molecule has 1 aromatic heterocycles. The van der Waals surface area contributed by atoms with Crippen molar-refractivity contribution >= 4 is 17.0 Å². The van der Waals surface area contributed by atoms with Gasteiger partial charge in [-0.15, -0.1) is 17.2 Å². The summed E-state index contributed by atoms with van der Waals surface area (Å²) in [4.78, 5) is 4.16. The highest BCUT2D eigenvalue weighted by Crippen LogP contribution is 2.26. The SMILES string of the molecule is CC(C)[N+]1(N)N=C(c2nccs2)C(N)=C1N. The number of nitrogens with zero attached hydrogens (tertiary/aromatic N) is 3. The molecule has 0 spiro atoms. The fraction of sp³-hybridized carbons (Fsp3) is 0.333. The highest BCUT2D eigenvalue weighted by molar-refractivity contribution is 7.11. The van der Waals surface area contributed by atoms with Crippen molar-refractivity contribution in [2.24, 2.45) is 22.4 Å². The average molecular weight is 239 g/mol. The number of allylic oxidation sites excluding steroid dienone is 1. The summed E-state index contributed by atoms with van der Waals surface area (Å²) in [6, 6.07) is 0.0241. The van der Waals surface area contributed by atoms with Gasteiger partial charge in [0.1, 0.15) is 11.0 Å². The van der Waals surface area contributed by atoms with Gasteiger partial charge in [0.15, 0.2) is 11.4 Å². The summed E-state index contributed by atoms with van der Waals surface area (Å²) < 4.78 is -0.194. The van der Waals surface area contributed by atoms with Crippen molar-refractivity contribution in [2.45, 2.75) is 19.9 Å². The van der Waals surface area contributed by atoms with E-state index < -0.39 is 0 Å². The second-order valence-corrected chi connectivity index (χ2v) is 4.81. The van der Waals surface area contributed by atoms with Crippen LogP contribution in [0.4, 0.5) is 0 Å². The molecule has 0 saturated carbocycles. The molecule has 16 heavy (non-hydrogen) atoms. The fourth-order valence-electron chi connectivity index (χ4n) is 1.48. The summed E-state index contributed by atoms with van der Waals surface area (Å²) in [7, 11) is 0. The zero-order valence-electron chi connectivity index (χ0n) is 9.21. The van der Waals surface area contributed by atoms with Crippen LogP contribution in [0, 0.1) is 0 Å². The van der Waals surface area contributed by atoms with Crippen molar-refractivity contribution in [2.75, 3.05) is 0 Å². The Balaban J connectivity index is 2.51. The first kappa shape index (κ1) is 11.1. The summed E-state index contributed by atoms with van der Waals surface area (Å²) in [6.07, 6.45) is 1.70. The van der Waals surface area contributed by atoms with Gasteiger partial charge in [0.25, 0.3) is 5.82 Å². The van der Waals surface area contributed by atoms with E-state index in [1.54, 1.807) is 6.20 Å². The molecular formula is C9H15N6S+. The number of nitrogens with two attached hydrogens (primary N) is 3. The molecular weight excluding hydrogens is 224 g/mol. The van der Waals surface area contributed by atoms with Gasteiger partial charge in [-0.3, -0.25) is 0 Å². The first-order chi connectivity index (χ1) is 7.47. The fourth-order valence-corrected chi connectivity index (χ4v) is 2.11. The number of rotatable bonds is 2. The largest absolute Gasteiger partial charge is 0.390 e. The Morgan fingerprint density at radius 3 is 2.50 bits per heavy atom. The van der Waals surface area contributed by atoms with Gasteiger partial charge < -0.3 is 11.5 Å². The number of aromatic nitrogens is 1. The van der Waals surface area contributed by atoms with Gasteiger partial charge in [-0.05, 0) is 18.9 Å². The molecule has 1 atom stereocenters. The van der Waals surface area contributed by atoms with Crippen molar-refractivity contribution in [1.82, 2.24) is 4.98 Å². The van der Waals surface area contributed by atoms with Crippen LogP contribution in [0.3, 0.4) is 0 Å². The first-order valence-electron chi connectivity index (χ1n) is 4.90. The van der Waals surface area contributed by atoms with Crippen LogP contribution in [0.25, 0.3) is 0 Å². The van der Waals surface area contributed by atoms with Crippen LogP contribution in [-0.2, 0) is 0 Å². The Hall–Kier alpha value is -1.44. The van der Waals surface area contributed by atoms with E-state index in [0.717, 1.165) is 5.01 Å². The molecule has 6 nitrogen and oxygen atoms in total. The summed E-state index contributed by atoms with van der Waals surface area (Å²) in [5.74, 6) is 6.47. The van der Waals surface area contributed by atoms with E-state index in [0.29, 0.717) is 17.2 Å². The smallest absolute Gasteiger partial charge is 0.271 e. The van der Waals surface area contributed by atoms with Crippen molar-refractivity contribution in [1.29, 1.82) is 0 Å². The third-order valence-electron chi connectivity index (χ3n) is 2.60. The topological polar surface area (TPSA) is 103 Å². The van der Waals surface area contributed by atoms with E-state index in [1.165, 1.54) is 11.3 Å². The van der Waals surface area contributed by atoms with Crippen LogP contribution >= 0.6 is 11.3 Å². The molecule has 86 valence electrons. The minimum Gasteiger partial charge on any atom is -0.390 e. The van der Waals surface area contributed by atoms with Crippen LogP contribution in [0.5, 0.6) is 0 Å². The molecule has 2 heterocycles. The Morgan fingerprint density at radius 2 is 2.06 bits per heavy atom. The van der Waals surface area contributed by atoms with Crippen LogP contribution < -0.4 is 17.3 Å². The van der Waals surface area contributed by atoms with Crippen LogP contribution in [-0.4, -0.2) is 21.4 Å². The van der Waals surface area contributed by atoms with Crippen molar-refractivity contribution in [3.8, 4) is 0 Å². The Labute approximate surface area is 97.6 Å². The minimum atomic E-state index is -0.194. The van der Waals surface area contributed by atoms with E-state index in [9.17, 15) is 0 Å². The molecule has 1 aliphatic heterocycles. The highest BCUT2D eigenvalue weighted by atomic mass is 32.1. The number of hydrogen-bond donors (Lipinski definition) is 3. The Bertz CT molecular complexity index is 460. The predicted molar refractivity (Wildman–Crippen MR) is 63.6 cm³/mol. The van der Waals surface area contributed by atoms with Gasteiger partial charge in [0, 0.05) is 11.6 Å². The molecule has 1 aromatic rings. The summed E-state index contributed by atoms with van der Waals surface area (Å²) >= 11 is 1.46. The summed E-state index contributed by atoms with van der Waals surface area (Å²) in [6.45, 7) is 3.88. The van der Waals surface area contributed by atoms with Gasteiger partial charge in [-0.25, -0.2) is 4.98 Å². The highest BCUT2D eigenvalue weighted by Gasteiger charge is 2.42. The van der Waals surface area contributed by atoms with Gasteiger partial charge in [0.05, 0.1) is 0 Å². The molecule has 6 N–H and O–H groups in total. The van der Waals surface area contributed by atoms with Crippen molar-refractivity contribution in [3.05, 3.63) is 28.1 Å². The van der Waals surface area contributed by atoms with Gasteiger partial charge in [0.2, 0.25) is 0 Å². The zero-order valence-corrected chi connectivity index (χ0v) is 10.0. The lowest BCUT2D eigenvalue weighted by molar-refractivity contribution is -0.929. The third-order valence-corrected chi connectivity index (χ3v) is 3.38. The van der Waals surface area contributed by atoms with Gasteiger partial charge in [-0.2, -0.15) is 0 Å². The molecule has 2 rings (SSSR count). The average Bonchev–Trinajstić information content (AvgIpc) is 2.82. The minimum absolute atomic E-state index is 0.0241. The second-order valence-electron chi connectivity index (χ2n) is 3.92. The molecule has 0 fully saturated rings. The van der Waals surface area contributed by atoms with Crippen molar-refractivity contribution < 1.29 is 4.70 Å². The zero-order chi connectivity index (χ0) is 11.9. The van der Waals surface area contributed by atoms with E-state index >= 15 is 0 Å². The molecule has 0 saturated heterocycles. The molecule has 0 amide bonds. The van der Waals surface area contributed by atoms with Crippen LogP contribution in [0.15, 0.2) is 28.2 Å². The maximum atomic E-state index is 6.10. The van der Waals surface area contributed by atoms with Gasteiger partial charge in [-0.1, -0.05) is 4.70 Å². The quantitative estimate of drug-likeness (QED) is 0.501. The van der Waals surface area contributed by atoms with Crippen molar-refractivity contribution in [3.63, 3.8) is 0 Å². The maximum absolute atomic E-state index is 6.10. The lowest BCUT2D eigenvalue weighted by Crippen LogP contribution is -2.54. The van der Waals surface area contributed by atoms with Crippen LogP contribution in [0.2, 0.25) is 0 Å². The maximum Gasteiger partial charge on any atom is 0.271 e. The Kier molecular flexibility index (Phi) is 2.45. The summed E-state index contributed by atoms with van der Waals surface area (Å²) in [5, 5.41) is 6.98. The normalized spacial score (nSPS) is 25.4. The monoisotopic (exact) mass is 239 g/mol. The Morgan fingerprint density at radius 1 is 1.38 bits per heavy atom. The first-order valence-corrected chi connectivity index (χ1v) is 5.78. The molecule has 1 unspecified atom stereocenters. The van der Waals surface area contributed by atoms with Gasteiger partial charge >= 0.3 is 0 Å². The molecule has 7 heteroatoms. The lowest BCUT2D eigenvalue weighted by Gasteiger charge is -2.25.